The number of allylic oxidation sites excluding steroid dienone is 1. The lowest BCUT2D eigenvalue weighted by molar-refractivity contribution is 1.74. The first kappa shape index (κ1) is 12.1. The summed E-state index contributed by atoms with van der Waals surface area (Å²) in [5.74, 6) is 0. The molecule has 0 fully saturated rings. The second-order valence-electron chi connectivity index (χ2n) is 3.75. The Labute approximate surface area is 105 Å². The zero-order valence-electron chi connectivity index (χ0n) is 9.79. The van der Waals surface area contributed by atoms with Gasteiger partial charge in [0.2, 0.25) is 0 Å². The van der Waals surface area contributed by atoms with E-state index in [1.807, 2.05) is 6.08 Å². The number of rotatable bonds is 5. The van der Waals surface area contributed by atoms with E-state index in [1.54, 1.807) is 0 Å². The minimum Gasteiger partial charge on any atom is -0.104 e. The van der Waals surface area contributed by atoms with Gasteiger partial charge in [-0.05, 0) is 10.6 Å². The van der Waals surface area contributed by atoms with E-state index in [0.29, 0.717) is 0 Å². The van der Waals surface area contributed by atoms with Gasteiger partial charge in [-0.2, -0.15) is 0 Å². The molecule has 0 spiro atoms. The van der Waals surface area contributed by atoms with Crippen molar-refractivity contribution in [1.29, 1.82) is 0 Å². The van der Waals surface area contributed by atoms with Crippen LogP contribution in [0.5, 0.6) is 0 Å². The smallest absolute Gasteiger partial charge is 0.104 e. The first-order chi connectivity index (χ1) is 8.42. The molecule has 0 aliphatic carbocycles. The van der Waals surface area contributed by atoms with Crippen LogP contribution in [-0.4, -0.2) is 7.00 Å². The molecule has 0 aromatic heterocycles. The van der Waals surface area contributed by atoms with Crippen LogP contribution in [-0.2, 0) is 0 Å². The summed E-state index contributed by atoms with van der Waals surface area (Å²) in [6.07, 6.45) is 2.91. The SMILES string of the molecule is C=CC[B]P(c1ccccc1)c1ccccc1. The van der Waals surface area contributed by atoms with Gasteiger partial charge in [0.25, 0.3) is 0 Å². The van der Waals surface area contributed by atoms with Crippen molar-refractivity contribution in [3.05, 3.63) is 73.3 Å². The van der Waals surface area contributed by atoms with E-state index in [2.05, 4.69) is 74.2 Å². The molecule has 17 heavy (non-hydrogen) atoms. The molecule has 2 aromatic carbocycles. The van der Waals surface area contributed by atoms with Crippen molar-refractivity contribution in [2.75, 3.05) is 0 Å². The normalized spacial score (nSPS) is 10.2. The van der Waals surface area contributed by atoms with E-state index < -0.39 is 0 Å². The molecule has 1 radical (unpaired) electrons. The Balaban J connectivity index is 2.29. The minimum absolute atomic E-state index is 0.353. The van der Waals surface area contributed by atoms with Crippen molar-refractivity contribution in [3.8, 4) is 0 Å². The number of hydrogen-bond donors (Lipinski definition) is 0. The fraction of sp³-hybridized carbons (Fsp3) is 0.0667. The standard InChI is InChI=1S/C15H15BP/c1-2-13-16-17(14-9-5-3-6-10-14)15-11-7-4-8-12-15/h2-12H,1,13H2. The third kappa shape index (κ3) is 3.31. The van der Waals surface area contributed by atoms with E-state index in [0.717, 1.165) is 6.32 Å². The van der Waals surface area contributed by atoms with E-state index in [-0.39, 0.29) is 7.80 Å². The zero-order valence-corrected chi connectivity index (χ0v) is 10.7. The highest BCUT2D eigenvalue weighted by Gasteiger charge is 2.12. The van der Waals surface area contributed by atoms with Crippen LogP contribution in [0.15, 0.2) is 73.3 Å². The Bertz CT molecular complexity index is 413. The molecule has 0 amide bonds. The van der Waals surface area contributed by atoms with Crippen LogP contribution in [0, 0.1) is 0 Å². The van der Waals surface area contributed by atoms with Crippen LogP contribution in [0.4, 0.5) is 0 Å². The zero-order chi connectivity index (χ0) is 11.9. The first-order valence-corrected chi connectivity index (χ1v) is 7.16. The molecule has 0 saturated heterocycles. The van der Waals surface area contributed by atoms with Gasteiger partial charge >= 0.3 is 0 Å². The van der Waals surface area contributed by atoms with Crippen LogP contribution >= 0.6 is 7.80 Å². The molecular formula is C15H15BP. The molecule has 0 saturated carbocycles. The van der Waals surface area contributed by atoms with E-state index in [4.69, 9.17) is 0 Å². The Hall–Kier alpha value is -1.33. The summed E-state index contributed by atoms with van der Waals surface area (Å²) in [6.45, 7) is 6.17. The largest absolute Gasteiger partial charge is 0.162 e. The van der Waals surface area contributed by atoms with Crippen LogP contribution in [0.2, 0.25) is 6.32 Å². The van der Waals surface area contributed by atoms with E-state index >= 15 is 0 Å². The van der Waals surface area contributed by atoms with Gasteiger partial charge in [-0.1, -0.05) is 80.9 Å². The molecule has 83 valence electrons. The monoisotopic (exact) mass is 237 g/mol. The summed E-state index contributed by atoms with van der Waals surface area (Å²) in [5, 5.41) is 2.80. The van der Waals surface area contributed by atoms with Gasteiger partial charge in [-0.3, -0.25) is 0 Å². The first-order valence-electron chi connectivity index (χ1n) is 5.75. The van der Waals surface area contributed by atoms with Crippen LogP contribution in [0.1, 0.15) is 0 Å². The molecule has 0 nitrogen and oxygen atoms in total. The summed E-state index contributed by atoms with van der Waals surface area (Å²) in [4.78, 5) is 0. The van der Waals surface area contributed by atoms with Gasteiger partial charge in [-0.25, -0.2) is 0 Å². The summed E-state index contributed by atoms with van der Waals surface area (Å²) >= 11 is 0. The maximum Gasteiger partial charge on any atom is 0.162 e. The van der Waals surface area contributed by atoms with Crippen molar-refractivity contribution < 1.29 is 0 Å². The summed E-state index contributed by atoms with van der Waals surface area (Å²) in [7, 11) is -0.353. The Morgan fingerprint density at radius 3 is 1.76 bits per heavy atom. The Kier molecular flexibility index (Phi) is 4.58. The molecule has 0 bridgehead atoms. The second-order valence-corrected chi connectivity index (χ2v) is 5.89. The average Bonchev–Trinajstić information content (AvgIpc) is 2.42. The summed E-state index contributed by atoms with van der Waals surface area (Å²) in [5.41, 5.74) is 0. The quantitative estimate of drug-likeness (QED) is 0.425. The maximum absolute atomic E-state index is 3.80. The molecule has 0 unspecified atom stereocenters. The lowest BCUT2D eigenvalue weighted by atomic mass is 10.0. The van der Waals surface area contributed by atoms with Crippen molar-refractivity contribution in [1.82, 2.24) is 0 Å². The average molecular weight is 237 g/mol. The van der Waals surface area contributed by atoms with Crippen LogP contribution in [0.3, 0.4) is 0 Å². The molecule has 2 aromatic rings. The van der Waals surface area contributed by atoms with E-state index in [1.165, 1.54) is 10.6 Å². The molecular weight excluding hydrogens is 222 g/mol. The van der Waals surface area contributed by atoms with Gasteiger partial charge in [0.05, 0.1) is 0 Å². The lowest BCUT2D eigenvalue weighted by Crippen LogP contribution is -2.15. The predicted octanol–water partition coefficient (Wildman–Crippen LogP) is 3.34. The fourth-order valence-electron chi connectivity index (χ4n) is 1.72. The lowest BCUT2D eigenvalue weighted by Gasteiger charge is -2.17. The van der Waals surface area contributed by atoms with Crippen molar-refractivity contribution in [2.24, 2.45) is 0 Å². The maximum atomic E-state index is 3.80. The highest BCUT2D eigenvalue weighted by Crippen LogP contribution is 2.32. The molecule has 0 atom stereocenters. The summed E-state index contributed by atoms with van der Waals surface area (Å²) in [6, 6.07) is 21.4. The van der Waals surface area contributed by atoms with Crippen molar-refractivity contribution in [3.63, 3.8) is 0 Å². The predicted molar refractivity (Wildman–Crippen MR) is 79.8 cm³/mol. The third-order valence-corrected chi connectivity index (χ3v) is 4.81. The van der Waals surface area contributed by atoms with Gasteiger partial charge in [-0.15, -0.1) is 6.58 Å². The molecule has 2 rings (SSSR count). The van der Waals surface area contributed by atoms with Gasteiger partial charge in [0, 0.05) is 0 Å². The van der Waals surface area contributed by atoms with Crippen molar-refractivity contribution >= 4 is 25.4 Å². The number of hydrogen-bond acceptors (Lipinski definition) is 0. The second kappa shape index (κ2) is 6.42. The van der Waals surface area contributed by atoms with Gasteiger partial charge < -0.3 is 0 Å². The van der Waals surface area contributed by atoms with Crippen molar-refractivity contribution in [2.45, 2.75) is 6.32 Å². The molecule has 0 N–H and O–H groups in total. The molecule has 2 heteroatoms. The van der Waals surface area contributed by atoms with E-state index in [9.17, 15) is 0 Å². The van der Waals surface area contributed by atoms with Gasteiger partial charge in [0.15, 0.2) is 7.00 Å². The minimum atomic E-state index is -0.353. The van der Waals surface area contributed by atoms with Gasteiger partial charge in [0.1, 0.15) is 0 Å². The Morgan fingerprint density at radius 2 is 1.35 bits per heavy atom. The molecule has 0 heterocycles. The third-order valence-electron chi connectivity index (χ3n) is 2.52. The topological polar surface area (TPSA) is 0 Å². The fourth-order valence-corrected chi connectivity index (χ4v) is 3.78. The molecule has 0 aliphatic heterocycles. The Morgan fingerprint density at radius 1 is 0.882 bits per heavy atom. The highest BCUT2D eigenvalue weighted by molar-refractivity contribution is 7.97. The molecule has 0 aliphatic rings. The van der Waals surface area contributed by atoms with Crippen LogP contribution < -0.4 is 10.6 Å². The number of benzene rings is 2. The summed E-state index contributed by atoms with van der Waals surface area (Å²) < 4.78 is 0. The highest BCUT2D eigenvalue weighted by atomic mass is 31.1. The van der Waals surface area contributed by atoms with Crippen LogP contribution in [0.25, 0.3) is 0 Å².